The van der Waals surface area contributed by atoms with Crippen molar-refractivity contribution in [3.63, 3.8) is 0 Å². The molecule has 0 N–H and O–H groups in total. The average Bonchev–Trinajstić information content (AvgIpc) is 2.89. The van der Waals surface area contributed by atoms with Gasteiger partial charge < -0.3 is 0 Å². The maximum atomic E-state index is 3.14. The third kappa shape index (κ3) is 2.66. The van der Waals surface area contributed by atoms with Crippen LogP contribution in [0.15, 0.2) is 0 Å². The predicted molar refractivity (Wildman–Crippen MR) is 93.9 cm³/mol. The van der Waals surface area contributed by atoms with Crippen molar-refractivity contribution in [1.29, 1.82) is 0 Å². The fourth-order valence-electron chi connectivity index (χ4n) is 6.87. The van der Waals surface area contributed by atoms with E-state index in [0.29, 0.717) is 0 Å². The fourth-order valence-corrected chi connectivity index (χ4v) is 6.87. The molecule has 0 aromatic heterocycles. The zero-order valence-electron chi connectivity index (χ0n) is 15.0. The van der Waals surface area contributed by atoms with Crippen LogP contribution in [0, 0.1) is 23.7 Å². The predicted octanol–water partition coefficient (Wildman–Crippen LogP) is 5.63. The first-order chi connectivity index (χ1) is 10.8. The Hall–Kier alpha value is -0.0400. The summed E-state index contributed by atoms with van der Waals surface area (Å²) in [6, 6.07) is 2.93. The van der Waals surface area contributed by atoms with E-state index in [1.54, 1.807) is 12.8 Å². The molecule has 4 fully saturated rings. The van der Waals surface area contributed by atoms with Crippen LogP contribution >= 0.6 is 0 Å². The Morgan fingerprint density at radius 2 is 1.14 bits per heavy atom. The van der Waals surface area contributed by atoms with Crippen LogP contribution in [-0.2, 0) is 0 Å². The minimum absolute atomic E-state index is 0.907. The van der Waals surface area contributed by atoms with Gasteiger partial charge >= 0.3 is 0 Å². The third-order valence-corrected chi connectivity index (χ3v) is 7.98. The summed E-state index contributed by atoms with van der Waals surface area (Å²) in [7, 11) is 0. The number of hydrogen-bond acceptors (Lipinski definition) is 1. The van der Waals surface area contributed by atoms with Crippen LogP contribution in [0.25, 0.3) is 0 Å². The van der Waals surface area contributed by atoms with E-state index in [1.807, 2.05) is 0 Å². The first kappa shape index (κ1) is 15.5. The Morgan fingerprint density at radius 1 is 0.636 bits per heavy atom. The highest BCUT2D eigenvalue weighted by molar-refractivity contribution is 5.05. The first-order valence-electron chi connectivity index (χ1n) is 10.5. The largest absolute Gasteiger partial charge is 0.294 e. The van der Waals surface area contributed by atoms with Gasteiger partial charge in [-0.3, -0.25) is 4.90 Å². The van der Waals surface area contributed by atoms with Crippen LogP contribution in [0.2, 0.25) is 0 Å². The molecule has 1 heteroatoms. The topological polar surface area (TPSA) is 3.24 Å². The van der Waals surface area contributed by atoms with Crippen molar-refractivity contribution in [2.24, 2.45) is 23.7 Å². The van der Waals surface area contributed by atoms with Gasteiger partial charge in [0.1, 0.15) is 0 Å². The number of nitrogens with zero attached hydrogens (tertiary/aromatic N) is 1. The average molecular weight is 304 g/mol. The molecule has 22 heavy (non-hydrogen) atoms. The van der Waals surface area contributed by atoms with Crippen molar-refractivity contribution in [2.45, 2.75) is 109 Å². The zero-order valence-corrected chi connectivity index (χ0v) is 15.0. The summed E-state index contributed by atoms with van der Waals surface area (Å²) in [4.78, 5) is 3.14. The van der Waals surface area contributed by atoms with Gasteiger partial charge in [-0.05, 0) is 75.0 Å². The molecule has 4 aliphatic rings. The van der Waals surface area contributed by atoms with Crippen molar-refractivity contribution in [2.75, 3.05) is 0 Å². The van der Waals surface area contributed by atoms with Crippen molar-refractivity contribution in [1.82, 2.24) is 4.90 Å². The van der Waals surface area contributed by atoms with E-state index >= 15 is 0 Å². The van der Waals surface area contributed by atoms with Crippen molar-refractivity contribution < 1.29 is 0 Å². The Balaban J connectivity index is 1.49. The lowest BCUT2D eigenvalue weighted by Gasteiger charge is -2.44. The van der Waals surface area contributed by atoms with E-state index < -0.39 is 0 Å². The first-order valence-corrected chi connectivity index (χ1v) is 10.5. The highest BCUT2D eigenvalue weighted by Gasteiger charge is 2.51. The summed E-state index contributed by atoms with van der Waals surface area (Å²) in [5, 5.41) is 0. The van der Waals surface area contributed by atoms with Crippen molar-refractivity contribution in [3.8, 4) is 0 Å². The van der Waals surface area contributed by atoms with Crippen molar-refractivity contribution >= 4 is 0 Å². The molecule has 126 valence electrons. The summed E-state index contributed by atoms with van der Waals surface area (Å²) < 4.78 is 0. The highest BCUT2D eigenvalue weighted by atomic mass is 15.3. The van der Waals surface area contributed by atoms with Crippen molar-refractivity contribution in [3.05, 3.63) is 0 Å². The molecule has 1 aliphatic heterocycles. The van der Waals surface area contributed by atoms with Crippen LogP contribution in [0.4, 0.5) is 0 Å². The minimum atomic E-state index is 0.907. The summed E-state index contributed by atoms with van der Waals surface area (Å²) in [6.45, 7) is 4.88. The number of fused-ring (bicyclic) bond motifs is 3. The zero-order chi connectivity index (χ0) is 15.1. The van der Waals surface area contributed by atoms with E-state index in [0.717, 1.165) is 41.8 Å². The van der Waals surface area contributed by atoms with E-state index in [1.165, 1.54) is 64.2 Å². The molecule has 1 nitrogen and oxygen atoms in total. The molecule has 0 bridgehead atoms. The van der Waals surface area contributed by atoms with Crippen LogP contribution in [0.5, 0.6) is 0 Å². The fraction of sp³-hybridized carbons (Fsp3) is 1.00. The van der Waals surface area contributed by atoms with E-state index in [2.05, 4.69) is 18.7 Å². The molecule has 4 unspecified atom stereocenters. The highest BCUT2D eigenvalue weighted by Crippen LogP contribution is 2.51. The molecule has 0 amide bonds. The van der Waals surface area contributed by atoms with E-state index in [9.17, 15) is 0 Å². The molecular formula is C21H37N. The summed E-state index contributed by atoms with van der Waals surface area (Å²) in [6.07, 6.45) is 18.3. The standard InChI is InChI=1S/C21H37N/c1-15(2)16-11-13-17(14-12-16)22-20-9-5-3-7-18(20)19-8-4-6-10-21(19)22/h15-21H,3-14H2,1-2H3. The number of hydrogen-bond donors (Lipinski definition) is 0. The van der Waals surface area contributed by atoms with Gasteiger partial charge in [0.2, 0.25) is 0 Å². The second kappa shape index (κ2) is 6.46. The van der Waals surface area contributed by atoms with Gasteiger partial charge in [0.25, 0.3) is 0 Å². The molecule has 0 aromatic rings. The third-order valence-electron chi connectivity index (χ3n) is 7.98. The van der Waals surface area contributed by atoms with Crippen LogP contribution in [-0.4, -0.2) is 23.0 Å². The summed E-state index contributed by atoms with van der Waals surface area (Å²) >= 11 is 0. The van der Waals surface area contributed by atoms with Crippen LogP contribution < -0.4 is 0 Å². The lowest BCUT2D eigenvalue weighted by atomic mass is 9.73. The molecule has 3 saturated carbocycles. The summed E-state index contributed by atoms with van der Waals surface area (Å²) in [5.41, 5.74) is 0. The number of likely N-dealkylation sites (tertiary alicyclic amines) is 1. The summed E-state index contributed by atoms with van der Waals surface area (Å²) in [5.74, 6) is 4.09. The van der Waals surface area contributed by atoms with Gasteiger partial charge in [-0.25, -0.2) is 0 Å². The second-order valence-corrected chi connectivity index (χ2v) is 9.29. The van der Waals surface area contributed by atoms with Gasteiger partial charge in [-0.2, -0.15) is 0 Å². The Bertz CT molecular complexity index is 346. The normalized spacial score (nSPS) is 46.5. The molecule has 0 aromatic carbocycles. The number of rotatable bonds is 2. The Kier molecular flexibility index (Phi) is 4.55. The maximum Gasteiger partial charge on any atom is 0.0133 e. The lowest BCUT2D eigenvalue weighted by molar-refractivity contribution is 0.0505. The van der Waals surface area contributed by atoms with Gasteiger partial charge in [-0.15, -0.1) is 0 Å². The molecule has 4 atom stereocenters. The maximum absolute atomic E-state index is 3.14. The monoisotopic (exact) mass is 303 g/mol. The van der Waals surface area contributed by atoms with Gasteiger partial charge in [0.05, 0.1) is 0 Å². The molecule has 1 heterocycles. The quantitative estimate of drug-likeness (QED) is 0.638. The minimum Gasteiger partial charge on any atom is -0.294 e. The molecule has 3 aliphatic carbocycles. The molecular weight excluding hydrogens is 266 g/mol. The Labute approximate surface area is 138 Å². The molecule has 1 saturated heterocycles. The van der Waals surface area contributed by atoms with E-state index in [-0.39, 0.29) is 0 Å². The van der Waals surface area contributed by atoms with Gasteiger partial charge in [0, 0.05) is 18.1 Å². The molecule has 4 rings (SSSR count). The van der Waals surface area contributed by atoms with Crippen LogP contribution in [0.1, 0.15) is 90.9 Å². The Morgan fingerprint density at radius 3 is 1.64 bits per heavy atom. The smallest absolute Gasteiger partial charge is 0.0133 e. The SMILES string of the molecule is CC(C)C1CCC(N2C3CCCCC3C3CCCCC32)CC1. The second-order valence-electron chi connectivity index (χ2n) is 9.29. The van der Waals surface area contributed by atoms with E-state index in [4.69, 9.17) is 0 Å². The van der Waals surface area contributed by atoms with Gasteiger partial charge in [-0.1, -0.05) is 39.5 Å². The van der Waals surface area contributed by atoms with Crippen LogP contribution in [0.3, 0.4) is 0 Å². The van der Waals surface area contributed by atoms with Gasteiger partial charge in [0.15, 0.2) is 0 Å². The molecule has 0 radical (unpaired) electrons. The molecule has 0 spiro atoms. The lowest BCUT2D eigenvalue weighted by Crippen LogP contribution is -2.48.